The highest BCUT2D eigenvalue weighted by atomic mass is 16.5. The molecule has 0 bridgehead atoms. The minimum absolute atomic E-state index is 0.0231. The van der Waals surface area contributed by atoms with Crippen LogP contribution in [0.25, 0.3) is 10.9 Å². The number of benzene rings is 2. The molecule has 2 amide bonds. The summed E-state index contributed by atoms with van der Waals surface area (Å²) in [6.45, 7) is 2.99. The van der Waals surface area contributed by atoms with Crippen molar-refractivity contribution in [1.82, 2.24) is 20.5 Å². The van der Waals surface area contributed by atoms with Gasteiger partial charge in [0, 0.05) is 36.7 Å². The number of fused-ring (bicyclic) bond motifs is 1. The van der Waals surface area contributed by atoms with Crippen LogP contribution in [0.3, 0.4) is 0 Å². The molecule has 1 aliphatic carbocycles. The second-order valence-electron chi connectivity index (χ2n) is 11.1. The van der Waals surface area contributed by atoms with E-state index in [4.69, 9.17) is 4.74 Å². The van der Waals surface area contributed by atoms with E-state index in [1.165, 1.54) is 6.42 Å². The molecule has 8 heteroatoms. The van der Waals surface area contributed by atoms with E-state index in [-0.39, 0.29) is 17.9 Å². The van der Waals surface area contributed by atoms with Crippen LogP contribution in [0.2, 0.25) is 0 Å². The summed E-state index contributed by atoms with van der Waals surface area (Å²) in [6.07, 6.45) is 9.09. The van der Waals surface area contributed by atoms with Crippen molar-refractivity contribution in [3.8, 4) is 5.75 Å². The molecule has 5 rings (SSSR count). The van der Waals surface area contributed by atoms with Gasteiger partial charge in [0.25, 0.3) is 0 Å². The van der Waals surface area contributed by atoms with Crippen LogP contribution in [0.1, 0.15) is 57.4 Å². The fraction of sp³-hybridized carbons (Fsp3) is 0.469. The van der Waals surface area contributed by atoms with Gasteiger partial charge in [0.2, 0.25) is 11.8 Å². The number of carbonyl (C=O) groups excluding carboxylic acids is 2. The number of ether oxygens (including phenoxy) is 1. The maximum absolute atomic E-state index is 13.7. The normalized spacial score (nSPS) is 18.1. The first kappa shape index (κ1) is 27.9. The van der Waals surface area contributed by atoms with E-state index in [0.717, 1.165) is 66.4 Å². The van der Waals surface area contributed by atoms with Gasteiger partial charge in [-0.3, -0.25) is 19.9 Å². The Balaban J connectivity index is 1.22. The first-order valence-electron chi connectivity index (χ1n) is 14.6. The molecular formula is C32H41N5O3. The number of anilines is 1. The van der Waals surface area contributed by atoms with Crippen molar-refractivity contribution in [3.05, 3.63) is 66.4 Å². The van der Waals surface area contributed by atoms with Gasteiger partial charge in [-0.2, -0.15) is 0 Å². The quantitative estimate of drug-likeness (QED) is 0.305. The summed E-state index contributed by atoms with van der Waals surface area (Å²) in [5.74, 6) is 0.734. The SMILES string of the molecule is COc1cc(NC(C)CCCNC(=O)[C@H](Cc2ccccc2)N2C(=O)CNC23CCCCC3)c2ncccc2c1. The lowest BCUT2D eigenvalue weighted by molar-refractivity contribution is -0.143. The molecule has 2 fully saturated rings. The average Bonchev–Trinajstić information content (AvgIpc) is 3.28. The Morgan fingerprint density at radius 1 is 1.12 bits per heavy atom. The van der Waals surface area contributed by atoms with E-state index in [1.54, 1.807) is 13.3 Å². The van der Waals surface area contributed by atoms with Gasteiger partial charge in [0.05, 0.1) is 30.5 Å². The van der Waals surface area contributed by atoms with Crippen molar-refractivity contribution in [2.75, 3.05) is 25.5 Å². The van der Waals surface area contributed by atoms with Gasteiger partial charge in [0.1, 0.15) is 11.8 Å². The Labute approximate surface area is 236 Å². The monoisotopic (exact) mass is 543 g/mol. The van der Waals surface area contributed by atoms with Crippen LogP contribution in [-0.2, 0) is 16.0 Å². The maximum atomic E-state index is 13.7. The van der Waals surface area contributed by atoms with Gasteiger partial charge in [-0.25, -0.2) is 0 Å². The van der Waals surface area contributed by atoms with Crippen molar-refractivity contribution < 1.29 is 14.3 Å². The lowest BCUT2D eigenvalue weighted by Crippen LogP contribution is -2.61. The van der Waals surface area contributed by atoms with E-state index in [9.17, 15) is 9.59 Å². The zero-order valence-corrected chi connectivity index (χ0v) is 23.6. The second-order valence-corrected chi connectivity index (χ2v) is 11.1. The summed E-state index contributed by atoms with van der Waals surface area (Å²) in [6, 6.07) is 17.6. The van der Waals surface area contributed by atoms with Crippen LogP contribution in [0.4, 0.5) is 5.69 Å². The second kappa shape index (κ2) is 12.7. The number of aromatic nitrogens is 1. The summed E-state index contributed by atoms with van der Waals surface area (Å²) < 4.78 is 5.48. The molecule has 1 aliphatic heterocycles. The first-order valence-corrected chi connectivity index (χ1v) is 14.6. The lowest BCUT2D eigenvalue weighted by atomic mass is 9.86. The van der Waals surface area contributed by atoms with Gasteiger partial charge in [0.15, 0.2) is 0 Å². The van der Waals surface area contributed by atoms with Gasteiger partial charge in [-0.1, -0.05) is 42.8 Å². The molecule has 212 valence electrons. The van der Waals surface area contributed by atoms with Crippen LogP contribution < -0.4 is 20.7 Å². The van der Waals surface area contributed by atoms with Crippen molar-refractivity contribution >= 4 is 28.4 Å². The Morgan fingerprint density at radius 2 is 1.93 bits per heavy atom. The molecule has 1 saturated carbocycles. The van der Waals surface area contributed by atoms with Crippen molar-refractivity contribution in [3.63, 3.8) is 0 Å². The molecule has 2 heterocycles. The number of nitrogens with zero attached hydrogens (tertiary/aromatic N) is 2. The van der Waals surface area contributed by atoms with Crippen molar-refractivity contribution in [2.24, 2.45) is 0 Å². The lowest BCUT2D eigenvalue weighted by Gasteiger charge is -2.44. The molecular weight excluding hydrogens is 502 g/mol. The number of nitrogens with one attached hydrogen (secondary N) is 3. The highest BCUT2D eigenvalue weighted by Crippen LogP contribution is 2.36. The number of rotatable bonds is 11. The third kappa shape index (κ3) is 6.22. The molecule has 0 radical (unpaired) electrons. The smallest absolute Gasteiger partial charge is 0.243 e. The minimum Gasteiger partial charge on any atom is -0.497 e. The maximum Gasteiger partial charge on any atom is 0.243 e. The van der Waals surface area contributed by atoms with Crippen LogP contribution >= 0.6 is 0 Å². The van der Waals surface area contributed by atoms with Gasteiger partial charge >= 0.3 is 0 Å². The average molecular weight is 544 g/mol. The predicted molar refractivity (Wildman–Crippen MR) is 158 cm³/mol. The fourth-order valence-electron chi connectivity index (χ4n) is 6.28. The molecule has 2 aliphatic rings. The molecule has 2 aromatic carbocycles. The summed E-state index contributed by atoms with van der Waals surface area (Å²) in [7, 11) is 1.67. The van der Waals surface area contributed by atoms with Gasteiger partial charge in [-0.05, 0) is 63.1 Å². The molecule has 3 aromatic rings. The van der Waals surface area contributed by atoms with Crippen LogP contribution in [0, 0.1) is 0 Å². The topological polar surface area (TPSA) is 95.6 Å². The van der Waals surface area contributed by atoms with E-state index in [1.807, 2.05) is 59.5 Å². The summed E-state index contributed by atoms with van der Waals surface area (Å²) in [4.78, 5) is 33.3. The van der Waals surface area contributed by atoms with E-state index in [2.05, 4.69) is 27.9 Å². The minimum atomic E-state index is -0.534. The Kier molecular flexibility index (Phi) is 8.85. The molecule has 1 aromatic heterocycles. The summed E-state index contributed by atoms with van der Waals surface area (Å²) in [5.41, 5.74) is 2.50. The van der Waals surface area contributed by atoms with Crippen LogP contribution in [-0.4, -0.2) is 59.6 Å². The van der Waals surface area contributed by atoms with E-state index < -0.39 is 11.7 Å². The molecule has 3 N–H and O–H groups in total. The predicted octanol–water partition coefficient (Wildman–Crippen LogP) is 4.64. The molecule has 1 saturated heterocycles. The number of methoxy groups -OCH3 is 1. The number of carbonyl (C=O) groups is 2. The Hall–Kier alpha value is -3.65. The van der Waals surface area contributed by atoms with Crippen molar-refractivity contribution in [1.29, 1.82) is 0 Å². The molecule has 1 spiro atoms. The number of pyridine rings is 1. The Morgan fingerprint density at radius 3 is 2.70 bits per heavy atom. The largest absolute Gasteiger partial charge is 0.497 e. The molecule has 8 nitrogen and oxygen atoms in total. The van der Waals surface area contributed by atoms with E-state index in [0.29, 0.717) is 19.5 Å². The summed E-state index contributed by atoms with van der Waals surface area (Å²) >= 11 is 0. The standard InChI is InChI=1S/C32H41N5O3/c1-23(36-27-21-26(40-2)20-25-14-10-17-33-30(25)27)11-9-18-34-31(39)28(19-24-12-5-3-6-13-24)37-29(38)22-35-32(37)15-7-4-8-16-32/h3,5-6,10,12-14,17,20-21,23,28,35-36H,4,7-9,11,15-16,18-19,22H2,1-2H3,(H,34,39)/t23?,28-/m0/s1. The van der Waals surface area contributed by atoms with Gasteiger partial charge in [-0.15, -0.1) is 0 Å². The third-order valence-electron chi connectivity index (χ3n) is 8.29. The first-order chi connectivity index (χ1) is 19.5. The summed E-state index contributed by atoms with van der Waals surface area (Å²) in [5, 5.41) is 11.3. The van der Waals surface area contributed by atoms with Crippen molar-refractivity contribution in [2.45, 2.75) is 76.0 Å². The van der Waals surface area contributed by atoms with Crippen LogP contribution in [0.15, 0.2) is 60.8 Å². The molecule has 1 unspecified atom stereocenters. The number of amides is 2. The fourth-order valence-corrected chi connectivity index (χ4v) is 6.28. The Bertz CT molecular complexity index is 1310. The zero-order valence-electron chi connectivity index (χ0n) is 23.6. The van der Waals surface area contributed by atoms with Crippen LogP contribution in [0.5, 0.6) is 5.75 Å². The highest BCUT2D eigenvalue weighted by molar-refractivity contribution is 5.92. The van der Waals surface area contributed by atoms with E-state index >= 15 is 0 Å². The molecule has 40 heavy (non-hydrogen) atoms. The highest BCUT2D eigenvalue weighted by Gasteiger charge is 2.50. The van der Waals surface area contributed by atoms with Gasteiger partial charge < -0.3 is 20.3 Å². The number of hydrogen-bond acceptors (Lipinski definition) is 6. The number of hydrogen-bond donors (Lipinski definition) is 3. The zero-order chi connectivity index (χ0) is 28.0. The molecule has 2 atom stereocenters. The third-order valence-corrected chi connectivity index (χ3v) is 8.29.